The van der Waals surface area contributed by atoms with E-state index < -0.39 is 5.60 Å². The topological polar surface area (TPSA) is 70.1 Å². The van der Waals surface area contributed by atoms with Crippen LogP contribution in [0.1, 0.15) is 32.1 Å². The number of hydrogen-bond donors (Lipinski definition) is 3. The summed E-state index contributed by atoms with van der Waals surface area (Å²) in [5.41, 5.74) is -0.595. The molecule has 0 saturated heterocycles. The van der Waals surface area contributed by atoms with Crippen LogP contribution in [0.25, 0.3) is 0 Å². The highest BCUT2D eigenvalue weighted by Gasteiger charge is 2.29. The van der Waals surface area contributed by atoms with Crippen molar-refractivity contribution < 1.29 is 5.11 Å². The zero-order valence-corrected chi connectivity index (χ0v) is 12.1. The van der Waals surface area contributed by atoms with Gasteiger partial charge in [-0.25, -0.2) is 9.97 Å². The molecule has 5 nitrogen and oxygen atoms in total. The number of nitrogens with zero attached hydrogens (tertiary/aromatic N) is 2. The van der Waals surface area contributed by atoms with E-state index in [9.17, 15) is 5.11 Å². The fourth-order valence-electron chi connectivity index (χ4n) is 2.30. The van der Waals surface area contributed by atoms with Crippen molar-refractivity contribution in [1.29, 1.82) is 0 Å². The summed E-state index contributed by atoms with van der Waals surface area (Å²) in [7, 11) is 1.81. The van der Waals surface area contributed by atoms with Crippen LogP contribution >= 0.6 is 15.9 Å². The van der Waals surface area contributed by atoms with Gasteiger partial charge < -0.3 is 15.7 Å². The second-order valence-corrected chi connectivity index (χ2v) is 5.57. The van der Waals surface area contributed by atoms with Crippen molar-refractivity contribution in [2.24, 2.45) is 0 Å². The van der Waals surface area contributed by atoms with Crippen molar-refractivity contribution in [2.45, 2.75) is 37.7 Å². The SMILES string of the molecule is CNc1ncnc(NCC2(O)CCCCC2)c1Br. The summed E-state index contributed by atoms with van der Waals surface area (Å²) in [6, 6.07) is 0. The Balaban J connectivity index is 2.01. The van der Waals surface area contributed by atoms with Crippen LogP contribution in [0.2, 0.25) is 0 Å². The van der Waals surface area contributed by atoms with E-state index in [0.717, 1.165) is 36.0 Å². The third kappa shape index (κ3) is 3.11. The van der Waals surface area contributed by atoms with Crippen LogP contribution in [0.15, 0.2) is 10.8 Å². The maximum Gasteiger partial charge on any atom is 0.146 e. The van der Waals surface area contributed by atoms with Gasteiger partial charge in [-0.3, -0.25) is 0 Å². The molecule has 0 unspecified atom stereocenters. The van der Waals surface area contributed by atoms with Gasteiger partial charge >= 0.3 is 0 Å². The summed E-state index contributed by atoms with van der Waals surface area (Å²) in [6.45, 7) is 0.533. The molecule has 0 spiro atoms. The van der Waals surface area contributed by atoms with E-state index in [0.29, 0.717) is 12.4 Å². The Hall–Kier alpha value is -0.880. The molecule has 1 aromatic rings. The fourth-order valence-corrected chi connectivity index (χ4v) is 2.85. The first-order chi connectivity index (χ1) is 8.64. The molecule has 0 atom stereocenters. The molecule has 1 heterocycles. The Morgan fingerprint density at radius 3 is 2.61 bits per heavy atom. The van der Waals surface area contributed by atoms with Crippen LogP contribution in [-0.2, 0) is 0 Å². The number of hydrogen-bond acceptors (Lipinski definition) is 5. The van der Waals surface area contributed by atoms with Gasteiger partial charge in [0.1, 0.15) is 22.4 Å². The van der Waals surface area contributed by atoms with Gasteiger partial charge in [0.05, 0.1) is 5.60 Å². The summed E-state index contributed by atoms with van der Waals surface area (Å²) in [5.74, 6) is 1.46. The molecule has 100 valence electrons. The minimum Gasteiger partial charge on any atom is -0.388 e. The van der Waals surface area contributed by atoms with Gasteiger partial charge in [-0.05, 0) is 28.8 Å². The van der Waals surface area contributed by atoms with Crippen LogP contribution in [0, 0.1) is 0 Å². The average Bonchev–Trinajstić information content (AvgIpc) is 2.38. The Labute approximate surface area is 116 Å². The maximum absolute atomic E-state index is 10.4. The number of aromatic nitrogens is 2. The number of anilines is 2. The third-order valence-electron chi connectivity index (χ3n) is 3.40. The molecule has 18 heavy (non-hydrogen) atoms. The Kier molecular flexibility index (Phi) is 4.40. The highest BCUT2D eigenvalue weighted by Crippen LogP contribution is 2.30. The van der Waals surface area contributed by atoms with Crippen molar-refractivity contribution in [2.75, 3.05) is 24.2 Å². The van der Waals surface area contributed by atoms with E-state index in [1.54, 1.807) is 0 Å². The quantitative estimate of drug-likeness (QED) is 0.796. The predicted molar refractivity (Wildman–Crippen MR) is 75.8 cm³/mol. The van der Waals surface area contributed by atoms with E-state index in [-0.39, 0.29) is 0 Å². The molecule has 3 N–H and O–H groups in total. The normalized spacial score (nSPS) is 18.4. The van der Waals surface area contributed by atoms with Crippen molar-refractivity contribution in [3.05, 3.63) is 10.8 Å². The van der Waals surface area contributed by atoms with E-state index in [1.807, 2.05) is 7.05 Å². The summed E-state index contributed by atoms with van der Waals surface area (Å²) in [5, 5.41) is 16.6. The molecular formula is C12H19BrN4O. The molecule has 1 aliphatic carbocycles. The molecule has 0 amide bonds. The zero-order chi connectivity index (χ0) is 13.0. The summed E-state index contributed by atoms with van der Waals surface area (Å²) < 4.78 is 0.798. The number of aliphatic hydroxyl groups is 1. The molecule has 2 rings (SSSR count). The molecule has 6 heteroatoms. The standard InChI is InChI=1S/C12H19BrN4O/c1-14-10-9(13)11(17-8-16-10)15-7-12(18)5-3-2-4-6-12/h8,18H,2-7H2,1H3,(H2,14,15,16,17). The second-order valence-electron chi connectivity index (χ2n) is 4.77. The van der Waals surface area contributed by atoms with Crippen LogP contribution in [0.4, 0.5) is 11.6 Å². The van der Waals surface area contributed by atoms with Gasteiger partial charge in [-0.2, -0.15) is 0 Å². The van der Waals surface area contributed by atoms with E-state index in [1.165, 1.54) is 12.7 Å². The number of nitrogens with one attached hydrogen (secondary N) is 2. The van der Waals surface area contributed by atoms with Gasteiger partial charge in [0, 0.05) is 13.6 Å². The van der Waals surface area contributed by atoms with Gasteiger partial charge in [0.15, 0.2) is 0 Å². The van der Waals surface area contributed by atoms with Crippen molar-refractivity contribution >= 4 is 27.6 Å². The molecule has 0 radical (unpaired) electrons. The van der Waals surface area contributed by atoms with Crippen molar-refractivity contribution in [1.82, 2.24) is 9.97 Å². The molecule has 1 saturated carbocycles. The molecule has 1 aromatic heterocycles. The largest absolute Gasteiger partial charge is 0.388 e. The molecular weight excluding hydrogens is 296 g/mol. The van der Waals surface area contributed by atoms with E-state index in [2.05, 4.69) is 36.5 Å². The molecule has 0 aromatic carbocycles. The van der Waals surface area contributed by atoms with Crippen LogP contribution in [0.5, 0.6) is 0 Å². The first kappa shape index (κ1) is 13.5. The van der Waals surface area contributed by atoms with Gasteiger partial charge in [0.2, 0.25) is 0 Å². The monoisotopic (exact) mass is 314 g/mol. The maximum atomic E-state index is 10.4. The third-order valence-corrected chi connectivity index (χ3v) is 4.15. The van der Waals surface area contributed by atoms with Crippen LogP contribution in [-0.4, -0.2) is 34.3 Å². The van der Waals surface area contributed by atoms with Gasteiger partial charge in [0.25, 0.3) is 0 Å². The second kappa shape index (κ2) is 5.84. The fraction of sp³-hybridized carbons (Fsp3) is 0.667. The van der Waals surface area contributed by atoms with Crippen LogP contribution < -0.4 is 10.6 Å². The zero-order valence-electron chi connectivity index (χ0n) is 10.5. The lowest BCUT2D eigenvalue weighted by molar-refractivity contribution is 0.0166. The Morgan fingerprint density at radius 2 is 1.94 bits per heavy atom. The highest BCUT2D eigenvalue weighted by atomic mass is 79.9. The Morgan fingerprint density at radius 1 is 1.28 bits per heavy atom. The molecule has 1 aliphatic rings. The van der Waals surface area contributed by atoms with Crippen LogP contribution in [0.3, 0.4) is 0 Å². The number of halogens is 1. The van der Waals surface area contributed by atoms with Gasteiger partial charge in [-0.15, -0.1) is 0 Å². The highest BCUT2D eigenvalue weighted by molar-refractivity contribution is 9.10. The Bertz CT molecular complexity index is 407. The first-order valence-corrected chi connectivity index (χ1v) is 7.08. The lowest BCUT2D eigenvalue weighted by atomic mass is 9.85. The lowest BCUT2D eigenvalue weighted by Crippen LogP contribution is -2.39. The minimum atomic E-state index is -0.595. The number of rotatable bonds is 4. The molecule has 0 bridgehead atoms. The minimum absolute atomic E-state index is 0.533. The summed E-state index contributed by atoms with van der Waals surface area (Å²) in [6.07, 6.45) is 6.66. The van der Waals surface area contributed by atoms with E-state index in [4.69, 9.17) is 0 Å². The summed E-state index contributed by atoms with van der Waals surface area (Å²) in [4.78, 5) is 8.28. The van der Waals surface area contributed by atoms with Crippen molar-refractivity contribution in [3.8, 4) is 0 Å². The van der Waals surface area contributed by atoms with Crippen molar-refractivity contribution in [3.63, 3.8) is 0 Å². The first-order valence-electron chi connectivity index (χ1n) is 6.29. The van der Waals surface area contributed by atoms with E-state index >= 15 is 0 Å². The van der Waals surface area contributed by atoms with Gasteiger partial charge in [-0.1, -0.05) is 19.3 Å². The lowest BCUT2D eigenvalue weighted by Gasteiger charge is -2.32. The molecule has 0 aliphatic heterocycles. The average molecular weight is 315 g/mol. The molecule has 1 fully saturated rings. The predicted octanol–water partition coefficient (Wildman–Crippen LogP) is 2.39. The summed E-state index contributed by atoms with van der Waals surface area (Å²) >= 11 is 3.45. The smallest absolute Gasteiger partial charge is 0.146 e.